The topological polar surface area (TPSA) is 111 Å². The van der Waals surface area contributed by atoms with Gasteiger partial charge in [-0.25, -0.2) is 9.89 Å². The van der Waals surface area contributed by atoms with Gasteiger partial charge >= 0.3 is 5.69 Å². The molecular weight excluding hydrogens is 442 g/mol. The van der Waals surface area contributed by atoms with Crippen LogP contribution in [0.3, 0.4) is 0 Å². The number of rotatable bonds is 9. The Morgan fingerprint density at radius 2 is 1.89 bits per heavy atom. The molecule has 1 aliphatic carbocycles. The first-order valence-electron chi connectivity index (χ1n) is 12.1. The summed E-state index contributed by atoms with van der Waals surface area (Å²) in [6.45, 7) is 6.56. The van der Waals surface area contributed by atoms with Crippen LogP contribution in [0.2, 0.25) is 0 Å². The van der Waals surface area contributed by atoms with Crippen LogP contribution in [0.25, 0.3) is 22.5 Å². The number of H-pyrrole nitrogens is 1. The summed E-state index contributed by atoms with van der Waals surface area (Å²) in [5.41, 5.74) is 4.48. The molecule has 9 heteroatoms. The zero-order valence-electron chi connectivity index (χ0n) is 20.2. The summed E-state index contributed by atoms with van der Waals surface area (Å²) >= 11 is 0. The minimum absolute atomic E-state index is 0.0843. The number of nitrogens with one attached hydrogen (secondary N) is 1. The van der Waals surface area contributed by atoms with Crippen LogP contribution >= 0.6 is 0 Å². The third-order valence-electron chi connectivity index (χ3n) is 6.79. The number of nitrogens with zero attached hydrogens (tertiary/aromatic N) is 6. The Kier molecular flexibility index (Phi) is 6.15. The van der Waals surface area contributed by atoms with Crippen LogP contribution in [0.15, 0.2) is 53.7 Å². The van der Waals surface area contributed by atoms with Crippen molar-refractivity contribution in [1.29, 1.82) is 0 Å². The van der Waals surface area contributed by atoms with Gasteiger partial charge in [0.15, 0.2) is 11.6 Å². The van der Waals surface area contributed by atoms with Gasteiger partial charge in [0.05, 0.1) is 12.5 Å². The Bertz CT molecular complexity index is 1400. The van der Waals surface area contributed by atoms with Crippen molar-refractivity contribution >= 4 is 5.78 Å². The SMILES string of the molecule is CCCCc1cn(C2C(=O)C2C(C)C)c(=O)n1Cc1cnccc1-c1ccccc1-c1nnn[nH]1. The second kappa shape index (κ2) is 9.40. The highest BCUT2D eigenvalue weighted by Crippen LogP contribution is 2.43. The second-order valence-electron chi connectivity index (χ2n) is 9.45. The summed E-state index contributed by atoms with van der Waals surface area (Å²) in [6, 6.07) is 9.48. The molecule has 9 nitrogen and oxygen atoms in total. The maximum atomic E-state index is 13.6. The van der Waals surface area contributed by atoms with E-state index in [9.17, 15) is 9.59 Å². The number of pyridine rings is 1. The molecule has 4 aromatic rings. The van der Waals surface area contributed by atoms with Crippen LogP contribution < -0.4 is 5.69 Å². The average molecular weight is 472 g/mol. The number of ketones is 1. The number of aryl methyl sites for hydroxylation is 1. The monoisotopic (exact) mass is 471 g/mol. The van der Waals surface area contributed by atoms with Crippen LogP contribution in [0.1, 0.15) is 50.9 Å². The molecule has 1 aliphatic rings. The number of tetrazole rings is 1. The lowest BCUT2D eigenvalue weighted by atomic mass is 9.96. The Morgan fingerprint density at radius 3 is 2.57 bits per heavy atom. The summed E-state index contributed by atoms with van der Waals surface area (Å²) in [6.07, 6.45) is 8.21. The van der Waals surface area contributed by atoms with Crippen molar-refractivity contribution in [3.05, 3.63) is 70.7 Å². The predicted octanol–water partition coefficient (Wildman–Crippen LogP) is 3.68. The van der Waals surface area contributed by atoms with E-state index in [-0.39, 0.29) is 29.4 Å². The van der Waals surface area contributed by atoms with Crippen LogP contribution in [0, 0.1) is 11.8 Å². The number of Topliss-reactive ketones (excluding diaryl/α,β-unsaturated/α-hetero) is 1. The molecule has 180 valence electrons. The molecule has 0 aliphatic heterocycles. The Hall–Kier alpha value is -3.88. The highest BCUT2D eigenvalue weighted by Gasteiger charge is 2.53. The molecule has 35 heavy (non-hydrogen) atoms. The van der Waals surface area contributed by atoms with Gasteiger partial charge in [0, 0.05) is 29.8 Å². The van der Waals surface area contributed by atoms with Crippen LogP contribution in [-0.4, -0.2) is 40.5 Å². The van der Waals surface area contributed by atoms with Crippen molar-refractivity contribution in [3.63, 3.8) is 0 Å². The minimum Gasteiger partial charge on any atom is -0.297 e. The molecule has 2 atom stereocenters. The normalized spacial score (nSPS) is 17.3. The quantitative estimate of drug-likeness (QED) is 0.399. The van der Waals surface area contributed by atoms with Crippen molar-refractivity contribution < 1.29 is 4.79 Å². The van der Waals surface area contributed by atoms with Crippen molar-refractivity contribution in [3.8, 4) is 22.5 Å². The maximum absolute atomic E-state index is 13.6. The Morgan fingerprint density at radius 1 is 1.09 bits per heavy atom. The lowest BCUT2D eigenvalue weighted by Crippen LogP contribution is -2.26. The van der Waals surface area contributed by atoms with Crippen molar-refractivity contribution in [2.45, 2.75) is 52.6 Å². The molecule has 1 aromatic carbocycles. The molecular formula is C26H29N7O2. The van der Waals surface area contributed by atoms with Gasteiger partial charge in [-0.2, -0.15) is 0 Å². The number of unbranched alkanes of at least 4 members (excludes halogenated alkanes) is 1. The van der Waals surface area contributed by atoms with E-state index < -0.39 is 0 Å². The number of benzene rings is 1. The van der Waals surface area contributed by atoms with Gasteiger partial charge in [-0.05, 0) is 51.9 Å². The van der Waals surface area contributed by atoms with E-state index in [1.807, 2.05) is 50.4 Å². The average Bonchev–Trinajstić information content (AvgIpc) is 3.18. The summed E-state index contributed by atoms with van der Waals surface area (Å²) in [5, 5.41) is 14.4. The molecule has 0 amide bonds. The standard InChI is InChI=1S/C26H29N7O2/c1-4-5-8-18-15-33(23-22(16(2)3)24(23)34)26(35)32(18)14-17-13-27-12-11-19(17)20-9-6-7-10-21(20)25-28-30-31-29-25/h6-7,9-13,15-16,22-23H,4-5,8,14H2,1-3H3,(H,28,29,30,31). The third kappa shape index (κ3) is 4.22. The fourth-order valence-corrected chi connectivity index (χ4v) is 4.91. The van der Waals surface area contributed by atoms with E-state index in [1.54, 1.807) is 21.5 Å². The zero-order valence-corrected chi connectivity index (χ0v) is 20.2. The smallest absolute Gasteiger partial charge is 0.297 e. The molecule has 1 fully saturated rings. The highest BCUT2D eigenvalue weighted by atomic mass is 16.2. The molecule has 5 rings (SSSR count). The van der Waals surface area contributed by atoms with Gasteiger partial charge in [0.1, 0.15) is 6.04 Å². The minimum atomic E-state index is -0.350. The van der Waals surface area contributed by atoms with Gasteiger partial charge < -0.3 is 0 Å². The number of hydrogen-bond donors (Lipinski definition) is 1. The third-order valence-corrected chi connectivity index (χ3v) is 6.79. The molecule has 1 saturated carbocycles. The maximum Gasteiger partial charge on any atom is 0.329 e. The van der Waals surface area contributed by atoms with E-state index in [0.29, 0.717) is 12.4 Å². The first-order chi connectivity index (χ1) is 17.0. The molecule has 0 saturated heterocycles. The lowest BCUT2D eigenvalue weighted by Gasteiger charge is -2.14. The van der Waals surface area contributed by atoms with E-state index in [0.717, 1.165) is 47.2 Å². The molecule has 2 unspecified atom stereocenters. The lowest BCUT2D eigenvalue weighted by molar-refractivity contribution is -0.112. The molecule has 0 spiro atoms. The van der Waals surface area contributed by atoms with E-state index in [4.69, 9.17) is 0 Å². The molecule has 3 heterocycles. The molecule has 0 bridgehead atoms. The van der Waals surface area contributed by atoms with Gasteiger partial charge in [0.2, 0.25) is 0 Å². The van der Waals surface area contributed by atoms with Crippen molar-refractivity contribution in [1.82, 2.24) is 34.7 Å². The van der Waals surface area contributed by atoms with Gasteiger partial charge in [-0.3, -0.25) is 18.9 Å². The van der Waals surface area contributed by atoms with Crippen molar-refractivity contribution in [2.24, 2.45) is 11.8 Å². The number of carbonyl (C=O) groups is 1. The van der Waals surface area contributed by atoms with E-state index in [1.165, 1.54) is 0 Å². The molecule has 3 aromatic heterocycles. The zero-order chi connectivity index (χ0) is 24.5. The Balaban J connectivity index is 1.57. The number of aromatic amines is 1. The van der Waals surface area contributed by atoms with E-state index in [2.05, 4.69) is 32.5 Å². The van der Waals surface area contributed by atoms with Gasteiger partial charge in [0.25, 0.3) is 0 Å². The number of aromatic nitrogens is 7. The fourth-order valence-electron chi connectivity index (χ4n) is 4.91. The largest absolute Gasteiger partial charge is 0.329 e. The summed E-state index contributed by atoms with van der Waals surface area (Å²) in [5.74, 6) is 0.855. The Labute approximate surface area is 203 Å². The van der Waals surface area contributed by atoms with Crippen molar-refractivity contribution in [2.75, 3.05) is 0 Å². The summed E-state index contributed by atoms with van der Waals surface area (Å²) in [7, 11) is 0. The summed E-state index contributed by atoms with van der Waals surface area (Å²) in [4.78, 5) is 30.4. The predicted molar refractivity (Wildman–Crippen MR) is 132 cm³/mol. The van der Waals surface area contributed by atoms with Gasteiger partial charge in [-0.1, -0.05) is 51.5 Å². The fraction of sp³-hybridized carbons (Fsp3) is 0.385. The first kappa shape index (κ1) is 22.9. The first-order valence-corrected chi connectivity index (χ1v) is 12.1. The highest BCUT2D eigenvalue weighted by molar-refractivity contribution is 6.01. The van der Waals surface area contributed by atoms with Crippen LogP contribution in [0.4, 0.5) is 0 Å². The van der Waals surface area contributed by atoms with Crippen LogP contribution in [-0.2, 0) is 17.8 Å². The number of hydrogen-bond acceptors (Lipinski definition) is 6. The van der Waals surface area contributed by atoms with E-state index >= 15 is 0 Å². The van der Waals surface area contributed by atoms with Gasteiger partial charge in [-0.15, -0.1) is 5.10 Å². The number of carbonyl (C=O) groups excluding carboxylic acids is 1. The number of imidazole rings is 1. The van der Waals surface area contributed by atoms with Crippen LogP contribution in [0.5, 0.6) is 0 Å². The molecule has 1 N–H and O–H groups in total. The summed E-state index contributed by atoms with van der Waals surface area (Å²) < 4.78 is 3.46. The molecule has 0 radical (unpaired) electrons. The second-order valence-corrected chi connectivity index (χ2v) is 9.45.